The summed E-state index contributed by atoms with van der Waals surface area (Å²) < 4.78 is 93.8. The highest BCUT2D eigenvalue weighted by atomic mass is 79.9. The first-order chi connectivity index (χ1) is 21.3. The average molecular weight is 790 g/mol. The lowest BCUT2D eigenvalue weighted by molar-refractivity contribution is -0.274. The molecule has 2 saturated heterocycles. The summed E-state index contributed by atoms with van der Waals surface area (Å²) in [5, 5.41) is 41.1. The van der Waals surface area contributed by atoms with Crippen molar-refractivity contribution in [1.29, 1.82) is 21.6 Å². The van der Waals surface area contributed by atoms with Crippen molar-refractivity contribution in [3.8, 4) is 5.75 Å². The third-order valence-electron chi connectivity index (χ3n) is 6.33. The summed E-state index contributed by atoms with van der Waals surface area (Å²) in [7, 11) is 0. The van der Waals surface area contributed by atoms with E-state index < -0.39 is 30.5 Å². The molecule has 0 bridgehead atoms. The van der Waals surface area contributed by atoms with Gasteiger partial charge in [-0.2, -0.15) is 0 Å². The molecule has 11 nitrogen and oxygen atoms in total. The normalized spacial score (nSPS) is 16.8. The number of rotatable bonds is 3. The van der Waals surface area contributed by atoms with Crippen molar-refractivity contribution >= 4 is 67.1 Å². The number of benzene rings is 2. The van der Waals surface area contributed by atoms with Gasteiger partial charge in [0.05, 0.1) is 6.54 Å². The molecule has 2 aromatic rings. The van der Waals surface area contributed by atoms with E-state index in [4.69, 9.17) is 21.6 Å². The van der Waals surface area contributed by atoms with Crippen LogP contribution in [0.1, 0.15) is 19.3 Å². The number of likely N-dealkylation sites (tertiary alicyclic amines) is 2. The molecule has 252 valence electrons. The standard InChI is InChI=1S/C13H15Br2F2N5.C13H14F5N5O/c14-9-2-1-8(7-10(9)15)20-11(18)21-12(19)22-5-3-13(16,17)4-6-22;14-12(15)5-6-23(7-12)11(20)22-10(19)21-8-1-3-9(4-2-8)24-13(16,17)18/h1-2,7H,3-6H2,(H4,18,19,20,21);1-4H,5-7H2,(H4,19,20,21,22). The molecule has 0 spiro atoms. The van der Waals surface area contributed by atoms with Crippen molar-refractivity contribution in [2.75, 3.05) is 36.8 Å². The maximum absolute atomic E-state index is 13.1. The minimum atomic E-state index is -4.80. The van der Waals surface area contributed by atoms with Gasteiger partial charge in [-0.1, -0.05) is 0 Å². The van der Waals surface area contributed by atoms with Crippen LogP contribution >= 0.6 is 31.9 Å². The van der Waals surface area contributed by atoms with Crippen LogP contribution in [0.5, 0.6) is 5.75 Å². The number of hydrogen-bond donors (Lipinski definition) is 8. The number of piperidine rings is 1. The molecule has 2 heterocycles. The first-order valence-electron chi connectivity index (χ1n) is 13.3. The van der Waals surface area contributed by atoms with Gasteiger partial charge in [0.1, 0.15) is 5.75 Å². The Balaban J connectivity index is 0.000000251. The Labute approximate surface area is 275 Å². The fraction of sp³-hybridized carbons (Fsp3) is 0.385. The molecule has 4 rings (SSSR count). The molecular formula is C26H29Br2F7N10O. The molecule has 0 atom stereocenters. The monoisotopic (exact) mass is 788 g/mol. The predicted octanol–water partition coefficient (Wildman–Crippen LogP) is 6.61. The summed E-state index contributed by atoms with van der Waals surface area (Å²) in [6.07, 6.45) is -5.69. The zero-order valence-electron chi connectivity index (χ0n) is 23.7. The molecule has 8 N–H and O–H groups in total. The molecule has 2 aliphatic rings. The Kier molecular flexibility index (Phi) is 12.1. The third-order valence-corrected chi connectivity index (χ3v) is 8.21. The van der Waals surface area contributed by atoms with Gasteiger partial charge < -0.3 is 25.2 Å². The number of hydrogen-bond acceptors (Lipinski definition) is 5. The highest BCUT2D eigenvalue weighted by molar-refractivity contribution is 9.13. The lowest BCUT2D eigenvalue weighted by Crippen LogP contribution is -2.50. The predicted molar refractivity (Wildman–Crippen MR) is 166 cm³/mol. The number of guanidine groups is 4. The number of nitrogens with zero attached hydrogens (tertiary/aromatic N) is 2. The van der Waals surface area contributed by atoms with Gasteiger partial charge in [-0.25, -0.2) is 17.6 Å². The summed E-state index contributed by atoms with van der Waals surface area (Å²) in [4.78, 5) is 2.60. The maximum atomic E-state index is 13.1. The fourth-order valence-corrected chi connectivity index (χ4v) is 4.67. The van der Waals surface area contributed by atoms with Crippen LogP contribution in [0.25, 0.3) is 0 Å². The molecule has 0 saturated carbocycles. The first kappa shape index (κ1) is 36.7. The van der Waals surface area contributed by atoms with Crippen molar-refractivity contribution in [3.63, 3.8) is 0 Å². The second-order valence-electron chi connectivity index (χ2n) is 10.0. The molecule has 0 aromatic heterocycles. The number of alkyl halides is 7. The van der Waals surface area contributed by atoms with Gasteiger partial charge in [0, 0.05) is 59.2 Å². The topological polar surface area (TPSA) is 159 Å². The van der Waals surface area contributed by atoms with E-state index in [0.29, 0.717) is 5.69 Å². The van der Waals surface area contributed by atoms with Gasteiger partial charge in [0.2, 0.25) is 0 Å². The van der Waals surface area contributed by atoms with Gasteiger partial charge in [0.15, 0.2) is 23.8 Å². The van der Waals surface area contributed by atoms with E-state index >= 15 is 0 Å². The van der Waals surface area contributed by atoms with Crippen LogP contribution in [0.4, 0.5) is 42.1 Å². The maximum Gasteiger partial charge on any atom is 0.573 e. The van der Waals surface area contributed by atoms with Crippen molar-refractivity contribution in [2.24, 2.45) is 0 Å². The largest absolute Gasteiger partial charge is 0.573 e. The van der Waals surface area contributed by atoms with Gasteiger partial charge in [-0.15, -0.1) is 13.2 Å². The lowest BCUT2D eigenvalue weighted by atomic mass is 10.1. The van der Waals surface area contributed by atoms with Crippen molar-refractivity contribution < 1.29 is 35.5 Å². The Morgan fingerprint density at radius 3 is 1.67 bits per heavy atom. The zero-order chi connectivity index (χ0) is 34.3. The molecule has 2 aromatic carbocycles. The number of anilines is 2. The van der Waals surface area contributed by atoms with Crippen LogP contribution < -0.4 is 26.0 Å². The molecule has 0 aliphatic carbocycles. The Morgan fingerprint density at radius 1 is 0.696 bits per heavy atom. The van der Waals surface area contributed by atoms with E-state index in [0.717, 1.165) is 26.0 Å². The van der Waals surface area contributed by atoms with E-state index in [1.165, 1.54) is 17.0 Å². The van der Waals surface area contributed by atoms with Gasteiger partial charge in [-0.3, -0.25) is 32.3 Å². The molecule has 2 aliphatic heterocycles. The summed E-state index contributed by atoms with van der Waals surface area (Å²) in [5.74, 6) is -6.80. The first-order valence-corrected chi connectivity index (χ1v) is 14.9. The van der Waals surface area contributed by atoms with E-state index in [9.17, 15) is 30.7 Å². The average Bonchev–Trinajstić information content (AvgIpc) is 3.31. The Morgan fingerprint density at radius 2 is 1.17 bits per heavy atom. The van der Waals surface area contributed by atoms with Gasteiger partial charge >= 0.3 is 6.36 Å². The van der Waals surface area contributed by atoms with Crippen LogP contribution in [-0.2, 0) is 0 Å². The third kappa shape index (κ3) is 12.2. The number of halogens is 9. The highest BCUT2D eigenvalue weighted by Gasteiger charge is 2.39. The van der Waals surface area contributed by atoms with Gasteiger partial charge in [-0.05, 0) is 74.3 Å². The summed E-state index contributed by atoms with van der Waals surface area (Å²) >= 11 is 6.71. The minimum Gasteiger partial charge on any atom is -0.406 e. The number of nitrogens with one attached hydrogen (secondary N) is 8. The summed E-state index contributed by atoms with van der Waals surface area (Å²) in [5.41, 5.74) is 0.937. The highest BCUT2D eigenvalue weighted by Crippen LogP contribution is 2.29. The quantitative estimate of drug-likeness (QED) is 0.0988. The summed E-state index contributed by atoms with van der Waals surface area (Å²) in [6.45, 7) is -0.392. The van der Waals surface area contributed by atoms with E-state index in [1.807, 2.05) is 6.07 Å². The van der Waals surface area contributed by atoms with Crippen LogP contribution in [0.3, 0.4) is 0 Å². The van der Waals surface area contributed by atoms with Crippen molar-refractivity contribution in [2.45, 2.75) is 37.5 Å². The smallest absolute Gasteiger partial charge is 0.406 e. The van der Waals surface area contributed by atoms with Crippen LogP contribution in [0, 0.1) is 21.6 Å². The van der Waals surface area contributed by atoms with Crippen molar-refractivity contribution in [3.05, 3.63) is 51.4 Å². The summed E-state index contributed by atoms with van der Waals surface area (Å²) in [6, 6.07) is 9.96. The van der Waals surface area contributed by atoms with E-state index in [2.05, 4.69) is 57.9 Å². The molecule has 2 fully saturated rings. The second-order valence-corrected chi connectivity index (χ2v) is 11.7. The van der Waals surface area contributed by atoms with E-state index in [-0.39, 0.29) is 68.4 Å². The molecule has 20 heteroatoms. The van der Waals surface area contributed by atoms with Crippen LogP contribution in [-0.4, -0.2) is 78.0 Å². The second kappa shape index (κ2) is 15.2. The Bertz CT molecular complexity index is 1420. The number of ether oxygens (including phenoxy) is 1. The molecular weight excluding hydrogens is 761 g/mol. The van der Waals surface area contributed by atoms with Crippen molar-refractivity contribution in [1.82, 2.24) is 20.4 Å². The molecule has 0 unspecified atom stereocenters. The molecule has 0 amide bonds. The van der Waals surface area contributed by atoms with Crippen LogP contribution in [0.2, 0.25) is 0 Å². The SMILES string of the molecule is N=C(NC(=N)N1CCC(F)(F)C1)Nc1ccc(OC(F)(F)F)cc1.N=C(NC(=N)N1CCC(F)(F)CC1)Nc1ccc(Br)c(Br)c1. The fourth-order valence-electron chi connectivity index (χ4n) is 4.04. The zero-order valence-corrected chi connectivity index (χ0v) is 26.9. The minimum absolute atomic E-state index is 0.00437. The molecule has 46 heavy (non-hydrogen) atoms. The Hall–Kier alpha value is -3.81. The van der Waals surface area contributed by atoms with Crippen LogP contribution in [0.15, 0.2) is 51.4 Å². The van der Waals surface area contributed by atoms with E-state index in [1.54, 1.807) is 12.1 Å². The van der Waals surface area contributed by atoms with Gasteiger partial charge in [0.25, 0.3) is 11.8 Å². The lowest BCUT2D eigenvalue weighted by Gasteiger charge is -2.33. The molecule has 0 radical (unpaired) electrons.